The molecule has 0 bridgehead atoms. The van der Waals surface area contributed by atoms with E-state index >= 15 is 0 Å². The summed E-state index contributed by atoms with van der Waals surface area (Å²) in [5.41, 5.74) is 0.521. The minimum Gasteiger partial charge on any atom is -0.478 e. The molecule has 0 heterocycles. The van der Waals surface area contributed by atoms with Gasteiger partial charge in [-0.25, -0.2) is 9.59 Å². The summed E-state index contributed by atoms with van der Waals surface area (Å²) >= 11 is 3.26. The van der Waals surface area contributed by atoms with Gasteiger partial charge in [-0.2, -0.15) is 0 Å². The van der Waals surface area contributed by atoms with Crippen LogP contribution in [0.25, 0.3) is 0 Å². The second-order valence-electron chi connectivity index (χ2n) is 4.90. The molecule has 0 saturated heterocycles. The van der Waals surface area contributed by atoms with Gasteiger partial charge in [-0.05, 0) is 52.9 Å². The number of carbonyl (C=O) groups excluding carboxylic acids is 1. The Morgan fingerprint density at radius 3 is 2.81 bits per heavy atom. The number of halogens is 1. The van der Waals surface area contributed by atoms with Gasteiger partial charge in [-0.15, -0.1) is 0 Å². The molecule has 2 amide bonds. The highest BCUT2D eigenvalue weighted by atomic mass is 79.9. The fourth-order valence-electron chi connectivity index (χ4n) is 1.69. The molecule has 0 aliphatic heterocycles. The number of carboxylic acid groups (broad SMARTS) is 1. The zero-order valence-corrected chi connectivity index (χ0v) is 13.0. The van der Waals surface area contributed by atoms with E-state index in [2.05, 4.69) is 26.6 Å². The minimum atomic E-state index is -1.04. The Kier molecular flexibility index (Phi) is 5.58. The zero-order valence-electron chi connectivity index (χ0n) is 11.4. The van der Waals surface area contributed by atoms with Crippen LogP contribution in [-0.4, -0.2) is 36.9 Å². The molecule has 114 valence electrons. The summed E-state index contributed by atoms with van der Waals surface area (Å²) in [5, 5.41) is 14.2. The van der Waals surface area contributed by atoms with Gasteiger partial charge in [0.25, 0.3) is 0 Å². The number of carbonyl (C=O) groups is 2. The minimum absolute atomic E-state index is 0.112. The number of anilines is 1. The quantitative estimate of drug-likeness (QED) is 0.655. The van der Waals surface area contributed by atoms with E-state index < -0.39 is 12.0 Å². The van der Waals surface area contributed by atoms with Gasteiger partial charge >= 0.3 is 12.0 Å². The van der Waals surface area contributed by atoms with Gasteiger partial charge in [0.15, 0.2) is 0 Å². The van der Waals surface area contributed by atoms with Gasteiger partial charge < -0.3 is 20.5 Å². The molecule has 2 rings (SSSR count). The van der Waals surface area contributed by atoms with Crippen LogP contribution in [0.5, 0.6) is 0 Å². The lowest BCUT2D eigenvalue weighted by molar-refractivity contribution is 0.0697. The van der Waals surface area contributed by atoms with E-state index in [1.54, 1.807) is 6.07 Å². The molecular weight excluding hydrogens is 340 g/mol. The van der Waals surface area contributed by atoms with Crippen molar-refractivity contribution in [3.05, 3.63) is 28.2 Å². The van der Waals surface area contributed by atoms with E-state index in [9.17, 15) is 9.59 Å². The van der Waals surface area contributed by atoms with Crippen LogP contribution in [0.4, 0.5) is 10.5 Å². The average Bonchev–Trinajstić information content (AvgIpc) is 3.24. The summed E-state index contributed by atoms with van der Waals surface area (Å²) in [6.45, 7) is 1.64. The molecule has 7 heteroatoms. The SMILES string of the molecule is O=C(NCCOCC1CC1)Nc1cc(C(=O)O)ccc1Br. The summed E-state index contributed by atoms with van der Waals surface area (Å²) in [4.78, 5) is 22.6. The predicted octanol–water partition coefficient (Wildman–Crippen LogP) is 2.70. The molecule has 1 aliphatic rings. The van der Waals surface area contributed by atoms with Crippen molar-refractivity contribution in [3.63, 3.8) is 0 Å². The first-order valence-corrected chi connectivity index (χ1v) is 7.51. The number of urea groups is 1. The van der Waals surface area contributed by atoms with Gasteiger partial charge in [0.2, 0.25) is 0 Å². The average molecular weight is 357 g/mol. The van der Waals surface area contributed by atoms with Crippen LogP contribution < -0.4 is 10.6 Å². The van der Waals surface area contributed by atoms with Crippen molar-refractivity contribution >= 4 is 33.6 Å². The number of carboxylic acids is 1. The molecule has 1 saturated carbocycles. The molecule has 1 fully saturated rings. The van der Waals surface area contributed by atoms with Crippen LogP contribution in [0.2, 0.25) is 0 Å². The molecule has 3 N–H and O–H groups in total. The lowest BCUT2D eigenvalue weighted by atomic mass is 10.2. The number of hydrogen-bond donors (Lipinski definition) is 3. The fraction of sp³-hybridized carbons (Fsp3) is 0.429. The van der Waals surface area contributed by atoms with E-state index in [1.165, 1.54) is 25.0 Å². The number of hydrogen-bond acceptors (Lipinski definition) is 3. The first-order chi connectivity index (χ1) is 10.1. The predicted molar refractivity (Wildman–Crippen MR) is 81.7 cm³/mol. The maximum Gasteiger partial charge on any atom is 0.335 e. The maximum atomic E-state index is 11.7. The summed E-state index contributed by atoms with van der Waals surface area (Å²) in [6, 6.07) is 4.04. The monoisotopic (exact) mass is 356 g/mol. The third-order valence-corrected chi connectivity index (χ3v) is 3.74. The largest absolute Gasteiger partial charge is 0.478 e. The number of ether oxygens (including phenoxy) is 1. The third kappa shape index (κ3) is 5.35. The Morgan fingerprint density at radius 1 is 1.38 bits per heavy atom. The Balaban J connectivity index is 1.75. The molecule has 0 atom stereocenters. The lowest BCUT2D eigenvalue weighted by Gasteiger charge is -2.10. The Morgan fingerprint density at radius 2 is 2.14 bits per heavy atom. The van der Waals surface area contributed by atoms with Crippen molar-refractivity contribution in [3.8, 4) is 0 Å². The Hall–Kier alpha value is -1.60. The molecule has 0 aromatic heterocycles. The molecule has 1 aliphatic carbocycles. The normalized spacial score (nSPS) is 13.8. The molecule has 0 radical (unpaired) electrons. The van der Waals surface area contributed by atoms with E-state index in [4.69, 9.17) is 9.84 Å². The third-order valence-electron chi connectivity index (χ3n) is 3.04. The van der Waals surface area contributed by atoms with Gasteiger partial charge in [0.1, 0.15) is 0 Å². The van der Waals surface area contributed by atoms with Gasteiger partial charge in [-0.1, -0.05) is 0 Å². The molecule has 1 aromatic carbocycles. The van der Waals surface area contributed by atoms with Crippen molar-refractivity contribution in [2.75, 3.05) is 25.1 Å². The van der Waals surface area contributed by atoms with Crippen molar-refractivity contribution in [2.24, 2.45) is 5.92 Å². The van der Waals surface area contributed by atoms with Crippen LogP contribution in [0, 0.1) is 5.92 Å². The fourth-order valence-corrected chi connectivity index (χ4v) is 2.04. The molecule has 6 nitrogen and oxygen atoms in total. The van der Waals surface area contributed by atoms with Gasteiger partial charge in [0.05, 0.1) is 17.9 Å². The van der Waals surface area contributed by atoms with Crippen LogP contribution >= 0.6 is 15.9 Å². The van der Waals surface area contributed by atoms with Crippen LogP contribution in [0.1, 0.15) is 23.2 Å². The Bertz CT molecular complexity index is 532. The zero-order chi connectivity index (χ0) is 15.2. The van der Waals surface area contributed by atoms with E-state index in [0.717, 1.165) is 6.61 Å². The van der Waals surface area contributed by atoms with Crippen LogP contribution in [0.3, 0.4) is 0 Å². The van der Waals surface area contributed by atoms with Crippen LogP contribution in [0.15, 0.2) is 22.7 Å². The molecule has 0 spiro atoms. The number of rotatable bonds is 7. The molecule has 21 heavy (non-hydrogen) atoms. The second-order valence-corrected chi connectivity index (χ2v) is 5.75. The summed E-state index contributed by atoms with van der Waals surface area (Å²) in [5.74, 6) is -0.340. The van der Waals surface area contributed by atoms with Crippen molar-refractivity contribution < 1.29 is 19.4 Å². The number of nitrogens with one attached hydrogen (secondary N) is 2. The first-order valence-electron chi connectivity index (χ1n) is 6.71. The van der Waals surface area contributed by atoms with Crippen molar-refractivity contribution in [1.82, 2.24) is 5.32 Å². The summed E-state index contributed by atoms with van der Waals surface area (Å²) in [6.07, 6.45) is 2.48. The van der Waals surface area contributed by atoms with E-state index in [1.807, 2.05) is 0 Å². The summed E-state index contributed by atoms with van der Waals surface area (Å²) in [7, 11) is 0. The molecular formula is C14H17BrN2O4. The molecule has 1 aromatic rings. The number of amides is 2. The molecule has 0 unspecified atom stereocenters. The smallest absolute Gasteiger partial charge is 0.335 e. The van der Waals surface area contributed by atoms with Gasteiger partial charge in [0, 0.05) is 17.6 Å². The van der Waals surface area contributed by atoms with Gasteiger partial charge in [-0.3, -0.25) is 0 Å². The van der Waals surface area contributed by atoms with Crippen molar-refractivity contribution in [2.45, 2.75) is 12.8 Å². The van der Waals surface area contributed by atoms with Crippen LogP contribution in [-0.2, 0) is 4.74 Å². The Labute approximate surface area is 131 Å². The second kappa shape index (κ2) is 7.42. The summed E-state index contributed by atoms with van der Waals surface area (Å²) < 4.78 is 6.02. The first kappa shape index (κ1) is 15.8. The van der Waals surface area contributed by atoms with E-state index in [0.29, 0.717) is 29.2 Å². The highest BCUT2D eigenvalue weighted by Gasteiger charge is 2.20. The maximum absolute atomic E-state index is 11.7. The highest BCUT2D eigenvalue weighted by Crippen LogP contribution is 2.28. The number of aromatic carboxylic acids is 1. The topological polar surface area (TPSA) is 87.7 Å². The highest BCUT2D eigenvalue weighted by molar-refractivity contribution is 9.10. The lowest BCUT2D eigenvalue weighted by Crippen LogP contribution is -2.31. The number of benzene rings is 1. The standard InChI is InChI=1S/C14H17BrN2O4/c15-11-4-3-10(13(18)19)7-12(11)17-14(20)16-5-6-21-8-9-1-2-9/h3-4,7,9H,1-2,5-6,8H2,(H,18,19)(H2,16,17,20). The van der Waals surface area contributed by atoms with E-state index in [-0.39, 0.29) is 5.56 Å². The van der Waals surface area contributed by atoms with Crippen molar-refractivity contribution in [1.29, 1.82) is 0 Å².